The number of rotatable bonds is 2. The van der Waals surface area contributed by atoms with Gasteiger partial charge >= 0.3 is 0 Å². The Morgan fingerprint density at radius 1 is 0.514 bits per heavy atom. The lowest BCUT2D eigenvalue weighted by Crippen LogP contribution is -2.11. The van der Waals surface area contributed by atoms with Crippen molar-refractivity contribution in [2.24, 2.45) is 0 Å². The van der Waals surface area contributed by atoms with Crippen molar-refractivity contribution in [1.82, 2.24) is 4.57 Å². The summed E-state index contributed by atoms with van der Waals surface area (Å²) in [5.74, 6) is 0. The fourth-order valence-electron chi connectivity index (χ4n) is 5.51. The lowest BCUT2D eigenvalue weighted by molar-refractivity contribution is 1.13. The van der Waals surface area contributed by atoms with E-state index in [-0.39, 0.29) is 0 Å². The Kier molecular flexibility index (Phi) is 4.40. The van der Waals surface area contributed by atoms with E-state index in [9.17, 15) is 0 Å². The molecule has 5 aromatic carbocycles. The zero-order chi connectivity index (χ0) is 23.4. The van der Waals surface area contributed by atoms with Crippen molar-refractivity contribution in [3.63, 3.8) is 0 Å². The molecule has 2 heterocycles. The number of para-hydroxylation sites is 4. The molecule has 0 saturated heterocycles. The molecular formula is C33H24N2. The maximum absolute atomic E-state index is 2.43. The summed E-state index contributed by atoms with van der Waals surface area (Å²) in [7, 11) is 0. The third-order valence-electron chi connectivity index (χ3n) is 6.97. The molecule has 1 aliphatic heterocycles. The zero-order valence-corrected chi connectivity index (χ0v) is 19.5. The van der Waals surface area contributed by atoms with Crippen LogP contribution in [0.25, 0.3) is 39.0 Å². The molecular weight excluding hydrogens is 424 g/mol. The van der Waals surface area contributed by atoms with Crippen LogP contribution in [0.2, 0.25) is 0 Å². The van der Waals surface area contributed by atoms with Gasteiger partial charge in [0.25, 0.3) is 0 Å². The molecule has 1 aromatic heterocycles. The van der Waals surface area contributed by atoms with Gasteiger partial charge in [-0.1, -0.05) is 84.4 Å². The van der Waals surface area contributed by atoms with Gasteiger partial charge < -0.3 is 9.47 Å². The molecule has 166 valence electrons. The highest BCUT2D eigenvalue weighted by Gasteiger charge is 2.31. The molecule has 0 N–H and O–H groups in total. The monoisotopic (exact) mass is 448 g/mol. The Balaban J connectivity index is 1.71. The Bertz CT molecular complexity index is 1690. The molecule has 0 spiro atoms. The van der Waals surface area contributed by atoms with Crippen LogP contribution in [-0.4, -0.2) is 4.57 Å². The maximum Gasteiger partial charge on any atom is 0.0641 e. The minimum absolute atomic E-state index is 1.16. The number of hydrogen-bond acceptors (Lipinski definition) is 1. The molecule has 0 radical (unpaired) electrons. The normalized spacial score (nSPS) is 12.1. The van der Waals surface area contributed by atoms with Gasteiger partial charge in [-0.05, 0) is 55.5 Å². The number of hydrogen-bond donors (Lipinski definition) is 0. The summed E-state index contributed by atoms with van der Waals surface area (Å²) in [6.45, 7) is 2.18. The third-order valence-corrected chi connectivity index (χ3v) is 6.97. The van der Waals surface area contributed by atoms with Crippen LogP contribution in [0.15, 0.2) is 127 Å². The van der Waals surface area contributed by atoms with Gasteiger partial charge in [0.2, 0.25) is 0 Å². The Labute approximate surface area is 205 Å². The molecule has 0 aliphatic carbocycles. The van der Waals surface area contributed by atoms with Gasteiger partial charge in [-0.15, -0.1) is 0 Å². The van der Waals surface area contributed by atoms with Crippen LogP contribution in [0, 0.1) is 6.92 Å². The maximum atomic E-state index is 2.43. The largest absolute Gasteiger partial charge is 0.309 e. The van der Waals surface area contributed by atoms with E-state index in [0.29, 0.717) is 0 Å². The smallest absolute Gasteiger partial charge is 0.0641 e. The summed E-state index contributed by atoms with van der Waals surface area (Å²) in [5, 5.41) is 1.27. The van der Waals surface area contributed by atoms with Crippen molar-refractivity contribution in [1.29, 1.82) is 0 Å². The molecule has 0 saturated carbocycles. The van der Waals surface area contributed by atoms with Crippen LogP contribution in [0.5, 0.6) is 0 Å². The summed E-state index contributed by atoms with van der Waals surface area (Å²) in [4.78, 5) is 2.41. The first-order valence-electron chi connectivity index (χ1n) is 12.1. The second-order valence-electron chi connectivity index (χ2n) is 9.12. The van der Waals surface area contributed by atoms with Gasteiger partial charge in [-0.25, -0.2) is 0 Å². The summed E-state index contributed by atoms with van der Waals surface area (Å²) in [6.07, 6.45) is 0. The number of fused-ring (bicyclic) bond motifs is 7. The lowest BCUT2D eigenvalue weighted by Gasteiger charge is -2.27. The van der Waals surface area contributed by atoms with E-state index in [4.69, 9.17) is 0 Å². The van der Waals surface area contributed by atoms with E-state index in [0.717, 1.165) is 5.69 Å². The highest BCUT2D eigenvalue weighted by atomic mass is 15.2. The van der Waals surface area contributed by atoms with Gasteiger partial charge in [0, 0.05) is 33.5 Å². The van der Waals surface area contributed by atoms with Crippen molar-refractivity contribution >= 4 is 28.0 Å². The Morgan fingerprint density at radius 3 is 1.94 bits per heavy atom. The molecule has 0 amide bonds. The molecule has 0 atom stereocenters. The summed E-state index contributed by atoms with van der Waals surface area (Å²) >= 11 is 0. The molecule has 0 bridgehead atoms. The van der Waals surface area contributed by atoms with Crippen LogP contribution in [0.1, 0.15) is 5.56 Å². The molecule has 7 rings (SSSR count). The van der Waals surface area contributed by atoms with Crippen LogP contribution < -0.4 is 4.90 Å². The van der Waals surface area contributed by atoms with E-state index in [1.807, 2.05) is 0 Å². The van der Waals surface area contributed by atoms with Crippen molar-refractivity contribution in [2.45, 2.75) is 6.92 Å². The number of aryl methyl sites for hydroxylation is 1. The molecule has 2 heteroatoms. The van der Waals surface area contributed by atoms with E-state index >= 15 is 0 Å². The summed E-state index contributed by atoms with van der Waals surface area (Å²) in [6, 6.07) is 45.9. The quantitative estimate of drug-likeness (QED) is 0.256. The van der Waals surface area contributed by atoms with Crippen molar-refractivity contribution < 1.29 is 0 Å². The number of benzene rings is 5. The van der Waals surface area contributed by atoms with Crippen molar-refractivity contribution in [3.05, 3.63) is 133 Å². The number of anilines is 3. The Hall–Kier alpha value is -4.56. The average Bonchev–Trinajstić information content (AvgIpc) is 3.20. The van der Waals surface area contributed by atoms with E-state index in [2.05, 4.69) is 144 Å². The molecule has 0 unspecified atom stereocenters. The van der Waals surface area contributed by atoms with Crippen molar-refractivity contribution in [2.75, 3.05) is 4.90 Å². The molecule has 2 nitrogen and oxygen atoms in total. The first kappa shape index (κ1) is 19.9. The highest BCUT2D eigenvalue weighted by molar-refractivity contribution is 6.13. The highest BCUT2D eigenvalue weighted by Crippen LogP contribution is 2.54. The van der Waals surface area contributed by atoms with Gasteiger partial charge in [-0.2, -0.15) is 0 Å². The minimum atomic E-state index is 1.16. The summed E-state index contributed by atoms with van der Waals surface area (Å²) < 4.78 is 2.43. The second kappa shape index (κ2) is 7.75. The minimum Gasteiger partial charge on any atom is -0.309 e. The fraction of sp³-hybridized carbons (Fsp3) is 0.0303. The van der Waals surface area contributed by atoms with Gasteiger partial charge in [-0.3, -0.25) is 0 Å². The SMILES string of the molecule is Cc1ccc2c(c1)-c1c(n(-c3ccccc3)c3ccccc13)-c1ccccc1N2c1ccccc1. The first-order chi connectivity index (χ1) is 17.3. The predicted octanol–water partition coefficient (Wildman–Crippen LogP) is 9.06. The van der Waals surface area contributed by atoms with E-state index in [1.165, 1.54) is 55.9 Å². The van der Waals surface area contributed by atoms with Gasteiger partial charge in [0.05, 0.1) is 22.6 Å². The predicted molar refractivity (Wildman–Crippen MR) is 147 cm³/mol. The topological polar surface area (TPSA) is 8.17 Å². The number of nitrogens with zero attached hydrogens (tertiary/aromatic N) is 2. The van der Waals surface area contributed by atoms with Crippen LogP contribution >= 0.6 is 0 Å². The lowest BCUT2D eigenvalue weighted by atomic mass is 9.97. The van der Waals surface area contributed by atoms with E-state index < -0.39 is 0 Å². The molecule has 6 aromatic rings. The van der Waals surface area contributed by atoms with Gasteiger partial charge in [0.1, 0.15) is 0 Å². The second-order valence-corrected chi connectivity index (χ2v) is 9.12. The van der Waals surface area contributed by atoms with Crippen molar-refractivity contribution in [3.8, 4) is 28.1 Å². The zero-order valence-electron chi connectivity index (χ0n) is 19.5. The van der Waals surface area contributed by atoms with E-state index in [1.54, 1.807) is 0 Å². The standard InChI is InChI=1S/C33H24N2/c1-23-20-21-31-28(22-23)32-26-16-8-10-18-29(26)35(25-14-6-3-7-15-25)33(32)27-17-9-11-19-30(27)34(31)24-12-4-2-5-13-24/h2-22H,1H3. The molecule has 1 aliphatic rings. The summed E-state index contributed by atoms with van der Waals surface area (Å²) in [5.41, 5.74) is 12.2. The van der Waals surface area contributed by atoms with Crippen LogP contribution in [0.3, 0.4) is 0 Å². The Morgan fingerprint density at radius 2 is 1.14 bits per heavy atom. The number of aromatic nitrogens is 1. The third kappa shape index (κ3) is 2.97. The first-order valence-corrected chi connectivity index (χ1v) is 12.1. The van der Waals surface area contributed by atoms with Crippen LogP contribution in [-0.2, 0) is 0 Å². The average molecular weight is 449 g/mol. The van der Waals surface area contributed by atoms with Gasteiger partial charge in [0.15, 0.2) is 0 Å². The fourth-order valence-corrected chi connectivity index (χ4v) is 5.51. The molecule has 35 heavy (non-hydrogen) atoms. The molecule has 0 fully saturated rings. The van der Waals surface area contributed by atoms with Crippen LogP contribution in [0.4, 0.5) is 17.1 Å².